The van der Waals surface area contributed by atoms with E-state index in [1.165, 1.54) is 4.90 Å². The quantitative estimate of drug-likeness (QED) is 0.389. The zero-order chi connectivity index (χ0) is 22.9. The van der Waals surface area contributed by atoms with Crippen molar-refractivity contribution in [2.24, 2.45) is 0 Å². The second-order valence-corrected chi connectivity index (χ2v) is 11.4. The zero-order valence-electron chi connectivity index (χ0n) is 17.4. The molecule has 0 aliphatic carbocycles. The summed E-state index contributed by atoms with van der Waals surface area (Å²) in [4.78, 5) is 32.1. The van der Waals surface area contributed by atoms with Crippen molar-refractivity contribution in [1.82, 2.24) is 14.5 Å². The average molecular weight is 492 g/mol. The van der Waals surface area contributed by atoms with Gasteiger partial charge in [-0.25, -0.2) is 13.4 Å². The van der Waals surface area contributed by atoms with Crippen LogP contribution in [0.25, 0.3) is 10.9 Å². The Morgan fingerprint density at radius 2 is 2.00 bits per heavy atom. The number of carbonyl (C=O) groups excluding carboxylic acids is 1. The van der Waals surface area contributed by atoms with Gasteiger partial charge in [0.25, 0.3) is 5.56 Å². The fraction of sp³-hybridized carbons (Fsp3) is 0.318. The minimum absolute atomic E-state index is 0.00859. The highest BCUT2D eigenvalue weighted by Crippen LogP contribution is 2.23. The Bertz CT molecular complexity index is 1330. The van der Waals surface area contributed by atoms with Gasteiger partial charge in [-0.1, -0.05) is 53.7 Å². The number of rotatable bonds is 6. The predicted molar refractivity (Wildman–Crippen MR) is 127 cm³/mol. The van der Waals surface area contributed by atoms with Crippen molar-refractivity contribution in [2.45, 2.75) is 24.2 Å². The first-order chi connectivity index (χ1) is 15.2. The van der Waals surface area contributed by atoms with Crippen LogP contribution in [0.15, 0.2) is 58.5 Å². The van der Waals surface area contributed by atoms with Gasteiger partial charge in [0.2, 0.25) is 5.91 Å². The third-order valence-corrected chi connectivity index (χ3v) is 8.49. The minimum atomic E-state index is -3.09. The van der Waals surface area contributed by atoms with Crippen LogP contribution in [0.3, 0.4) is 0 Å². The fourth-order valence-corrected chi connectivity index (χ4v) is 6.57. The topological polar surface area (TPSA) is 89.3 Å². The van der Waals surface area contributed by atoms with Crippen LogP contribution in [0, 0.1) is 0 Å². The highest BCUT2D eigenvalue weighted by atomic mass is 35.5. The van der Waals surface area contributed by atoms with Gasteiger partial charge in [0.15, 0.2) is 15.0 Å². The largest absolute Gasteiger partial charge is 0.341 e. The summed E-state index contributed by atoms with van der Waals surface area (Å²) in [7, 11) is -1.46. The molecule has 1 aliphatic rings. The Kier molecular flexibility index (Phi) is 6.60. The molecule has 0 spiro atoms. The van der Waals surface area contributed by atoms with E-state index in [-0.39, 0.29) is 34.8 Å². The fourth-order valence-electron chi connectivity index (χ4n) is 3.70. The predicted octanol–water partition coefficient (Wildman–Crippen LogP) is 2.84. The Morgan fingerprint density at radius 1 is 1.25 bits per heavy atom. The van der Waals surface area contributed by atoms with Gasteiger partial charge in [0, 0.05) is 18.1 Å². The van der Waals surface area contributed by atoms with Crippen LogP contribution in [-0.4, -0.2) is 59.1 Å². The summed E-state index contributed by atoms with van der Waals surface area (Å²) in [6.07, 6.45) is 0.445. The van der Waals surface area contributed by atoms with E-state index in [1.54, 1.807) is 29.8 Å². The van der Waals surface area contributed by atoms with Crippen molar-refractivity contribution in [3.63, 3.8) is 0 Å². The Hall–Kier alpha value is -2.36. The molecular formula is C22H22ClN3O4S2. The number of nitrogens with zero attached hydrogens (tertiary/aromatic N) is 3. The van der Waals surface area contributed by atoms with Crippen molar-refractivity contribution in [1.29, 1.82) is 0 Å². The van der Waals surface area contributed by atoms with Crippen molar-refractivity contribution in [3.05, 3.63) is 69.5 Å². The number of halogens is 1. The van der Waals surface area contributed by atoms with Crippen LogP contribution in [0.2, 0.25) is 5.02 Å². The number of carbonyl (C=O) groups is 1. The van der Waals surface area contributed by atoms with Crippen LogP contribution >= 0.6 is 23.4 Å². The van der Waals surface area contributed by atoms with Crippen molar-refractivity contribution < 1.29 is 13.2 Å². The van der Waals surface area contributed by atoms with Gasteiger partial charge >= 0.3 is 0 Å². The summed E-state index contributed by atoms with van der Waals surface area (Å²) in [5.41, 5.74) is 1.20. The maximum Gasteiger partial charge on any atom is 0.262 e. The molecule has 32 heavy (non-hydrogen) atoms. The number of amides is 1. The van der Waals surface area contributed by atoms with E-state index >= 15 is 0 Å². The summed E-state index contributed by atoms with van der Waals surface area (Å²) in [6, 6.07) is 14.2. The monoisotopic (exact) mass is 491 g/mol. The lowest BCUT2D eigenvalue weighted by Gasteiger charge is -2.23. The van der Waals surface area contributed by atoms with Gasteiger partial charge in [0.1, 0.15) is 0 Å². The van der Waals surface area contributed by atoms with Gasteiger partial charge in [-0.3, -0.25) is 14.2 Å². The summed E-state index contributed by atoms with van der Waals surface area (Å²) in [5, 5.41) is 1.34. The van der Waals surface area contributed by atoms with Crippen molar-refractivity contribution in [3.8, 4) is 0 Å². The molecule has 1 aromatic heterocycles. The molecule has 2 heterocycles. The molecule has 1 saturated heterocycles. The smallest absolute Gasteiger partial charge is 0.262 e. The highest BCUT2D eigenvalue weighted by Gasteiger charge is 2.32. The zero-order valence-corrected chi connectivity index (χ0v) is 19.8. The van der Waals surface area contributed by atoms with Gasteiger partial charge in [0.05, 0.1) is 34.7 Å². The molecule has 7 nitrogen and oxygen atoms in total. The van der Waals surface area contributed by atoms with Crippen LogP contribution in [0.5, 0.6) is 0 Å². The number of fused-ring (bicyclic) bond motifs is 1. The van der Waals surface area contributed by atoms with E-state index in [9.17, 15) is 18.0 Å². The number of thioether (sulfide) groups is 1. The molecule has 1 amide bonds. The third-order valence-electron chi connectivity index (χ3n) is 5.54. The Balaban J connectivity index is 1.62. The first-order valence-corrected chi connectivity index (χ1v) is 13.2. The Labute approximate surface area is 195 Å². The third kappa shape index (κ3) is 5.00. The van der Waals surface area contributed by atoms with Crippen LogP contribution < -0.4 is 5.56 Å². The van der Waals surface area contributed by atoms with Crippen LogP contribution in [0.4, 0.5) is 0 Å². The molecule has 168 valence electrons. The highest BCUT2D eigenvalue weighted by molar-refractivity contribution is 7.99. The van der Waals surface area contributed by atoms with Gasteiger partial charge in [-0.2, -0.15) is 0 Å². The number of hydrogen-bond donors (Lipinski definition) is 0. The molecule has 4 rings (SSSR count). The van der Waals surface area contributed by atoms with E-state index in [0.29, 0.717) is 34.0 Å². The molecule has 1 aliphatic heterocycles. The SMILES string of the molecule is CN(C(=O)CSc1nc2cc(Cl)ccc2c(=O)n1Cc1ccccc1)[C@@H]1CCS(=O)(=O)C1. The number of benzene rings is 2. The molecule has 0 unspecified atom stereocenters. The van der Waals surface area contributed by atoms with Gasteiger partial charge in [-0.05, 0) is 30.2 Å². The summed E-state index contributed by atoms with van der Waals surface area (Å²) in [6.45, 7) is 0.318. The Morgan fingerprint density at radius 3 is 2.69 bits per heavy atom. The van der Waals surface area contributed by atoms with E-state index in [0.717, 1.165) is 17.3 Å². The number of sulfone groups is 1. The standard InChI is InChI=1S/C22H22ClN3O4S2/c1-25(17-9-10-32(29,30)14-17)20(27)13-31-22-24-19-11-16(23)7-8-18(19)21(28)26(22)12-15-5-3-2-4-6-15/h2-8,11,17H,9-10,12-14H2,1H3/t17-/m1/s1. The second kappa shape index (κ2) is 9.25. The lowest BCUT2D eigenvalue weighted by molar-refractivity contribution is -0.128. The average Bonchev–Trinajstić information content (AvgIpc) is 3.14. The molecule has 10 heteroatoms. The van der Waals surface area contributed by atoms with Crippen LogP contribution in [0.1, 0.15) is 12.0 Å². The van der Waals surface area contributed by atoms with Crippen molar-refractivity contribution >= 4 is 50.0 Å². The van der Waals surface area contributed by atoms with E-state index < -0.39 is 9.84 Å². The first kappa shape index (κ1) is 22.8. The first-order valence-electron chi connectivity index (χ1n) is 10.1. The number of hydrogen-bond acceptors (Lipinski definition) is 6. The summed E-state index contributed by atoms with van der Waals surface area (Å²) >= 11 is 7.26. The molecule has 0 N–H and O–H groups in total. The molecule has 1 atom stereocenters. The van der Waals surface area contributed by atoms with E-state index in [1.807, 2.05) is 30.3 Å². The second-order valence-electron chi connectivity index (χ2n) is 7.78. The van der Waals surface area contributed by atoms with Crippen LogP contribution in [-0.2, 0) is 21.2 Å². The van der Waals surface area contributed by atoms with Crippen molar-refractivity contribution in [2.75, 3.05) is 24.3 Å². The maximum atomic E-state index is 13.2. The summed E-state index contributed by atoms with van der Waals surface area (Å²) in [5.74, 6) is -0.0682. The molecule has 3 aromatic rings. The maximum absolute atomic E-state index is 13.2. The number of aromatic nitrogens is 2. The lowest BCUT2D eigenvalue weighted by atomic mass is 10.2. The normalized spacial score (nSPS) is 17.5. The van der Waals surface area contributed by atoms with Gasteiger partial charge < -0.3 is 4.90 Å². The molecule has 1 fully saturated rings. The molecular weight excluding hydrogens is 470 g/mol. The minimum Gasteiger partial charge on any atom is -0.341 e. The molecule has 0 radical (unpaired) electrons. The summed E-state index contributed by atoms with van der Waals surface area (Å²) < 4.78 is 25.1. The molecule has 0 bridgehead atoms. The van der Waals surface area contributed by atoms with E-state index in [4.69, 9.17) is 11.6 Å². The lowest BCUT2D eigenvalue weighted by Crippen LogP contribution is -2.39. The molecule has 2 aromatic carbocycles. The van der Waals surface area contributed by atoms with E-state index in [2.05, 4.69) is 4.98 Å². The molecule has 0 saturated carbocycles. The van der Waals surface area contributed by atoms with Gasteiger partial charge in [-0.15, -0.1) is 0 Å².